The second kappa shape index (κ2) is 3.67. The summed E-state index contributed by atoms with van der Waals surface area (Å²) in [5, 5.41) is 15.0. The number of nitrogens with zero attached hydrogens (tertiary/aromatic N) is 3. The maximum absolute atomic E-state index is 11.8. The minimum absolute atomic E-state index is 0.473. The van der Waals surface area contributed by atoms with Crippen LogP contribution in [0.2, 0.25) is 5.02 Å². The molecule has 1 aliphatic heterocycles. The molecular formula is C10H8ClN5O. The molecule has 0 saturated carbocycles. The van der Waals surface area contributed by atoms with Gasteiger partial charge in [0.25, 0.3) is 5.36 Å². The standard InChI is InChI=1S/C10H8ClN5O/c11-8-2-1-7-6-15(10-12-3-4-13-10)14-16(17)9(7)5-8/h1-6,14H,(H,12,13). The monoisotopic (exact) mass is 249 g/mol. The Hall–Kier alpha value is -2.21. The number of anilines is 1. The summed E-state index contributed by atoms with van der Waals surface area (Å²) in [4.78, 5) is 7.59. The van der Waals surface area contributed by atoms with Crippen molar-refractivity contribution in [2.75, 3.05) is 5.01 Å². The first-order chi connectivity index (χ1) is 8.24. The maximum Gasteiger partial charge on any atom is 0.254 e. The number of nitrogens with one attached hydrogen (secondary N) is 2. The molecule has 0 amide bonds. The lowest BCUT2D eigenvalue weighted by Crippen LogP contribution is -2.56. The van der Waals surface area contributed by atoms with E-state index >= 15 is 0 Å². The number of hydrogen-bond donors (Lipinski definition) is 2. The van der Waals surface area contributed by atoms with E-state index < -0.39 is 0 Å². The Morgan fingerprint density at radius 1 is 1.41 bits per heavy atom. The molecule has 2 aromatic rings. The van der Waals surface area contributed by atoms with Gasteiger partial charge in [0.2, 0.25) is 5.95 Å². The van der Waals surface area contributed by atoms with E-state index in [0.29, 0.717) is 21.2 Å². The van der Waals surface area contributed by atoms with Crippen molar-refractivity contribution < 1.29 is 0 Å². The molecule has 0 aliphatic carbocycles. The van der Waals surface area contributed by atoms with Crippen molar-refractivity contribution in [3.63, 3.8) is 0 Å². The van der Waals surface area contributed by atoms with Crippen molar-refractivity contribution in [1.29, 1.82) is 0 Å². The predicted octanol–water partition coefficient (Wildman–Crippen LogP) is -0.270. The predicted molar refractivity (Wildman–Crippen MR) is 64.0 cm³/mol. The first kappa shape index (κ1) is 9.98. The van der Waals surface area contributed by atoms with Crippen LogP contribution in [0.4, 0.5) is 5.95 Å². The molecule has 17 heavy (non-hydrogen) atoms. The number of aromatic amines is 1. The number of halogens is 1. The molecule has 2 N–H and O–H groups in total. The van der Waals surface area contributed by atoms with Gasteiger partial charge in [0.1, 0.15) is 0 Å². The van der Waals surface area contributed by atoms with Gasteiger partial charge in [-0.1, -0.05) is 22.0 Å². The maximum atomic E-state index is 11.8. The smallest absolute Gasteiger partial charge is 0.254 e. The van der Waals surface area contributed by atoms with Crippen LogP contribution in [-0.2, 0) is 0 Å². The van der Waals surface area contributed by atoms with E-state index in [1.54, 1.807) is 36.8 Å². The average Bonchev–Trinajstić information content (AvgIpc) is 2.83. The van der Waals surface area contributed by atoms with Crippen molar-refractivity contribution >= 4 is 23.7 Å². The molecule has 0 bridgehead atoms. The first-order valence-corrected chi connectivity index (χ1v) is 5.28. The van der Waals surface area contributed by atoms with Crippen LogP contribution in [0.15, 0.2) is 30.6 Å². The lowest BCUT2D eigenvalue weighted by atomic mass is 10.3. The third kappa shape index (κ3) is 1.68. The van der Waals surface area contributed by atoms with E-state index in [1.165, 1.54) is 5.01 Å². The second-order valence-corrected chi connectivity index (χ2v) is 3.95. The highest BCUT2D eigenvalue weighted by Crippen LogP contribution is 2.04. The van der Waals surface area contributed by atoms with Crippen molar-refractivity contribution in [3.05, 3.63) is 51.4 Å². The van der Waals surface area contributed by atoms with Crippen LogP contribution in [0.25, 0.3) is 6.20 Å². The number of H-pyrrole nitrogens is 1. The summed E-state index contributed by atoms with van der Waals surface area (Å²) in [7, 11) is 0. The number of hydrogen-bond acceptors (Lipinski definition) is 4. The van der Waals surface area contributed by atoms with Gasteiger partial charge in [-0.05, 0) is 12.1 Å². The average molecular weight is 250 g/mol. The molecule has 0 spiro atoms. The lowest BCUT2D eigenvalue weighted by Gasteiger charge is -2.19. The van der Waals surface area contributed by atoms with Gasteiger partial charge in [0.15, 0.2) is 0 Å². The van der Waals surface area contributed by atoms with E-state index in [2.05, 4.69) is 15.5 Å². The molecular weight excluding hydrogens is 242 g/mol. The van der Waals surface area contributed by atoms with Crippen LogP contribution < -0.4 is 26.0 Å². The zero-order valence-electron chi connectivity index (χ0n) is 8.59. The van der Waals surface area contributed by atoms with Gasteiger partial charge in [0, 0.05) is 29.7 Å². The third-order valence-electron chi connectivity index (χ3n) is 2.39. The zero-order valence-corrected chi connectivity index (χ0v) is 9.35. The molecule has 1 aromatic carbocycles. The van der Waals surface area contributed by atoms with Gasteiger partial charge < -0.3 is 10.2 Å². The first-order valence-electron chi connectivity index (χ1n) is 4.90. The molecule has 0 atom stereocenters. The topological polar surface area (TPSA) is 70.0 Å². The summed E-state index contributed by atoms with van der Waals surface area (Å²) in [6.07, 6.45) is 5.05. The van der Waals surface area contributed by atoms with E-state index in [-0.39, 0.29) is 0 Å². The number of aromatic nitrogens is 2. The van der Waals surface area contributed by atoms with Gasteiger partial charge in [-0.3, -0.25) is 0 Å². The van der Waals surface area contributed by atoms with E-state index in [9.17, 15) is 5.21 Å². The molecule has 1 aromatic heterocycles. The van der Waals surface area contributed by atoms with Crippen molar-refractivity contribution in [2.24, 2.45) is 0 Å². The van der Waals surface area contributed by atoms with Crippen molar-refractivity contribution in [3.8, 4) is 0 Å². The molecule has 1 aliphatic rings. The number of hydrazine groups is 2. The van der Waals surface area contributed by atoms with Gasteiger partial charge >= 0.3 is 0 Å². The van der Waals surface area contributed by atoms with Crippen LogP contribution in [0, 0.1) is 5.21 Å². The van der Waals surface area contributed by atoms with E-state index in [0.717, 1.165) is 5.22 Å². The molecule has 7 heteroatoms. The summed E-state index contributed by atoms with van der Waals surface area (Å²) in [6.45, 7) is 0. The summed E-state index contributed by atoms with van der Waals surface area (Å²) >= 11 is 5.84. The fourth-order valence-corrected chi connectivity index (χ4v) is 1.79. The summed E-state index contributed by atoms with van der Waals surface area (Å²) in [6, 6.07) is 5.11. The molecule has 0 unspecified atom stereocenters. The summed E-state index contributed by atoms with van der Waals surface area (Å²) in [5.74, 6) is 0.534. The summed E-state index contributed by atoms with van der Waals surface area (Å²) in [5.41, 5.74) is 2.61. The van der Waals surface area contributed by atoms with Crippen LogP contribution >= 0.6 is 11.6 Å². The molecule has 86 valence electrons. The van der Waals surface area contributed by atoms with Gasteiger partial charge in [-0.25, -0.2) is 4.98 Å². The Morgan fingerprint density at radius 2 is 2.29 bits per heavy atom. The SMILES string of the molecule is [O-][N+]1=c2cc(Cl)ccc2=CN(c2ncc[nH]2)N1. The largest absolute Gasteiger partial charge is 0.594 e. The van der Waals surface area contributed by atoms with E-state index in [1.807, 2.05) is 0 Å². The second-order valence-electron chi connectivity index (χ2n) is 3.51. The molecule has 0 radical (unpaired) electrons. The number of fused-ring (bicyclic) bond motifs is 1. The Labute approximate surface area is 101 Å². The molecule has 0 fully saturated rings. The quantitative estimate of drug-likeness (QED) is 0.539. The Kier molecular flexibility index (Phi) is 2.15. The summed E-state index contributed by atoms with van der Waals surface area (Å²) < 4.78 is 0. The van der Waals surface area contributed by atoms with Crippen LogP contribution in [0.3, 0.4) is 0 Å². The minimum atomic E-state index is 0.473. The van der Waals surface area contributed by atoms with E-state index in [4.69, 9.17) is 11.6 Å². The molecule has 6 nitrogen and oxygen atoms in total. The number of imidazole rings is 1. The van der Waals surface area contributed by atoms with Gasteiger partial charge in [-0.2, -0.15) is 5.01 Å². The normalized spacial score (nSPS) is 13.9. The fourth-order valence-electron chi connectivity index (χ4n) is 1.62. The van der Waals surface area contributed by atoms with Crippen molar-refractivity contribution in [2.45, 2.75) is 0 Å². The van der Waals surface area contributed by atoms with Gasteiger partial charge in [-0.15, -0.1) is 0 Å². The Bertz CT molecular complexity index is 666. The number of benzene rings is 1. The molecule has 3 rings (SSSR count). The highest BCUT2D eigenvalue weighted by molar-refractivity contribution is 6.30. The van der Waals surface area contributed by atoms with Crippen LogP contribution in [0.5, 0.6) is 0 Å². The molecule has 0 saturated heterocycles. The fraction of sp³-hybridized carbons (Fsp3) is 0. The minimum Gasteiger partial charge on any atom is -0.594 e. The Balaban J connectivity index is 2.17. The van der Waals surface area contributed by atoms with Crippen molar-refractivity contribution in [1.82, 2.24) is 20.4 Å². The van der Waals surface area contributed by atoms with Gasteiger partial charge in [0.05, 0.1) is 5.22 Å². The highest BCUT2D eigenvalue weighted by Gasteiger charge is 2.14. The van der Waals surface area contributed by atoms with Crippen LogP contribution in [-0.4, -0.2) is 9.97 Å². The Morgan fingerprint density at radius 3 is 3.06 bits per heavy atom. The lowest BCUT2D eigenvalue weighted by molar-refractivity contribution is 0.533. The highest BCUT2D eigenvalue weighted by atomic mass is 35.5. The third-order valence-corrected chi connectivity index (χ3v) is 2.63. The number of rotatable bonds is 1. The molecule has 2 heterocycles. The zero-order chi connectivity index (χ0) is 11.8. The van der Waals surface area contributed by atoms with Crippen LogP contribution in [0.1, 0.15) is 0 Å².